The lowest BCUT2D eigenvalue weighted by Gasteiger charge is -2.27. The Morgan fingerprint density at radius 1 is 1.42 bits per heavy atom. The van der Waals surface area contributed by atoms with Gasteiger partial charge in [0.05, 0.1) is 25.3 Å². The van der Waals surface area contributed by atoms with Crippen LogP contribution in [-0.2, 0) is 4.74 Å². The zero-order valence-electron chi connectivity index (χ0n) is 15.1. The summed E-state index contributed by atoms with van der Waals surface area (Å²) in [6.07, 6.45) is 0.663. The zero-order chi connectivity index (χ0) is 19.0. The third-order valence-corrected chi connectivity index (χ3v) is 4.22. The number of ether oxygens (including phenoxy) is 1. The standard InChI is InChI=1S/C15H23N7O4/c1-20(2)6-17-15-18-12-9(13(25)19-15)16-7-22(12)14-10(21(3)4)11(24)8(5-23)26-14/h6-8,10-11,14,23-24H,5H2,1-4H3,(H,18,19,25)/b17-6+/t8-,10-,11-,14-/m1/s1. The summed E-state index contributed by atoms with van der Waals surface area (Å²) in [7, 11) is 7.20. The Labute approximate surface area is 149 Å². The Bertz CT molecular complexity index is 859. The number of aliphatic hydroxyl groups excluding tert-OH is 2. The van der Waals surface area contributed by atoms with Crippen LogP contribution in [-0.4, -0.2) is 98.9 Å². The van der Waals surface area contributed by atoms with E-state index in [1.54, 1.807) is 42.6 Å². The highest BCUT2D eigenvalue weighted by molar-refractivity contribution is 5.71. The summed E-state index contributed by atoms with van der Waals surface area (Å²) < 4.78 is 7.40. The van der Waals surface area contributed by atoms with Crippen molar-refractivity contribution < 1.29 is 14.9 Å². The zero-order valence-corrected chi connectivity index (χ0v) is 15.1. The number of likely N-dealkylation sites (N-methyl/N-ethyl adjacent to an activating group) is 1. The van der Waals surface area contributed by atoms with Crippen LogP contribution in [0.2, 0.25) is 0 Å². The van der Waals surface area contributed by atoms with E-state index in [0.29, 0.717) is 5.65 Å². The second-order valence-electron chi connectivity index (χ2n) is 6.61. The van der Waals surface area contributed by atoms with E-state index in [0.717, 1.165) is 0 Å². The number of rotatable bonds is 5. The molecule has 0 saturated carbocycles. The van der Waals surface area contributed by atoms with Gasteiger partial charge in [-0.15, -0.1) is 0 Å². The fourth-order valence-corrected chi connectivity index (χ4v) is 3.00. The van der Waals surface area contributed by atoms with Crippen LogP contribution in [0.25, 0.3) is 11.2 Å². The predicted molar refractivity (Wildman–Crippen MR) is 94.5 cm³/mol. The van der Waals surface area contributed by atoms with Gasteiger partial charge >= 0.3 is 0 Å². The molecular formula is C15H23N7O4. The third kappa shape index (κ3) is 3.21. The first-order chi connectivity index (χ1) is 12.3. The number of nitrogens with one attached hydrogen (secondary N) is 1. The molecular weight excluding hydrogens is 342 g/mol. The second kappa shape index (κ2) is 7.11. The number of aromatic amines is 1. The Morgan fingerprint density at radius 2 is 2.15 bits per heavy atom. The normalized spacial score (nSPS) is 26.4. The van der Waals surface area contributed by atoms with Crippen molar-refractivity contribution in [1.82, 2.24) is 29.3 Å². The fourth-order valence-electron chi connectivity index (χ4n) is 3.00. The molecule has 0 spiro atoms. The minimum absolute atomic E-state index is 0.136. The van der Waals surface area contributed by atoms with Crippen molar-refractivity contribution in [3.8, 4) is 0 Å². The van der Waals surface area contributed by atoms with E-state index in [1.807, 2.05) is 0 Å². The first-order valence-corrected chi connectivity index (χ1v) is 8.11. The molecule has 0 amide bonds. The van der Waals surface area contributed by atoms with E-state index in [1.165, 1.54) is 12.7 Å². The van der Waals surface area contributed by atoms with Gasteiger partial charge in [0.25, 0.3) is 5.56 Å². The molecule has 3 heterocycles. The molecule has 1 saturated heterocycles. The fraction of sp³-hybridized carbons (Fsp3) is 0.600. The number of hydrogen-bond donors (Lipinski definition) is 3. The number of imidazole rings is 1. The van der Waals surface area contributed by atoms with E-state index in [4.69, 9.17) is 4.74 Å². The summed E-state index contributed by atoms with van der Waals surface area (Å²) in [5, 5.41) is 19.9. The molecule has 0 aliphatic carbocycles. The van der Waals surface area contributed by atoms with E-state index in [2.05, 4.69) is 19.9 Å². The summed E-state index contributed by atoms with van der Waals surface area (Å²) in [6, 6.07) is -0.445. The van der Waals surface area contributed by atoms with Crippen molar-refractivity contribution in [2.75, 3.05) is 34.8 Å². The van der Waals surface area contributed by atoms with Gasteiger partial charge in [-0.05, 0) is 14.1 Å². The van der Waals surface area contributed by atoms with Crippen LogP contribution in [0.5, 0.6) is 0 Å². The average Bonchev–Trinajstić information content (AvgIpc) is 3.13. The number of aliphatic imine (C=N–C) groups is 1. The number of aliphatic hydroxyl groups is 2. The molecule has 0 aromatic carbocycles. The van der Waals surface area contributed by atoms with Crippen molar-refractivity contribution >= 4 is 23.5 Å². The molecule has 0 unspecified atom stereocenters. The molecule has 142 valence electrons. The molecule has 11 nitrogen and oxygen atoms in total. The molecule has 26 heavy (non-hydrogen) atoms. The average molecular weight is 365 g/mol. The lowest BCUT2D eigenvalue weighted by Crippen LogP contribution is -2.43. The maximum Gasteiger partial charge on any atom is 0.280 e. The van der Waals surface area contributed by atoms with Gasteiger partial charge in [0.15, 0.2) is 17.4 Å². The molecule has 1 aliphatic heterocycles. The number of fused-ring (bicyclic) bond motifs is 1. The van der Waals surface area contributed by atoms with E-state index in [9.17, 15) is 15.0 Å². The molecule has 11 heteroatoms. The lowest BCUT2D eigenvalue weighted by atomic mass is 10.1. The summed E-state index contributed by atoms with van der Waals surface area (Å²) in [4.78, 5) is 30.9. The minimum atomic E-state index is -0.898. The molecule has 1 aliphatic rings. The summed E-state index contributed by atoms with van der Waals surface area (Å²) in [6.45, 7) is -0.318. The molecule has 2 aromatic heterocycles. The highest BCUT2D eigenvalue weighted by atomic mass is 16.5. The maximum absolute atomic E-state index is 12.3. The SMILES string of the molecule is CN(C)/C=N/c1nc2c(ncn2[C@@H]2O[C@H](CO)[C@@H](O)[C@H]2N(C)C)c(=O)[nH]1. The Balaban J connectivity index is 2.08. The quantitative estimate of drug-likeness (QED) is 0.432. The van der Waals surface area contributed by atoms with Crippen molar-refractivity contribution in [3.05, 3.63) is 16.7 Å². The van der Waals surface area contributed by atoms with Crippen molar-refractivity contribution in [2.24, 2.45) is 4.99 Å². The van der Waals surface area contributed by atoms with E-state index >= 15 is 0 Å². The van der Waals surface area contributed by atoms with Crippen LogP contribution in [0, 0.1) is 0 Å². The highest BCUT2D eigenvalue weighted by Gasteiger charge is 2.46. The summed E-state index contributed by atoms with van der Waals surface area (Å²) in [5.74, 6) is 0.136. The van der Waals surface area contributed by atoms with Crippen LogP contribution in [0.1, 0.15) is 6.23 Å². The van der Waals surface area contributed by atoms with Crippen LogP contribution >= 0.6 is 0 Å². The van der Waals surface area contributed by atoms with Crippen molar-refractivity contribution in [3.63, 3.8) is 0 Å². The van der Waals surface area contributed by atoms with Gasteiger partial charge in [-0.3, -0.25) is 19.2 Å². The Kier molecular flexibility index (Phi) is 5.05. The molecule has 0 bridgehead atoms. The smallest absolute Gasteiger partial charge is 0.280 e. The van der Waals surface area contributed by atoms with Crippen molar-refractivity contribution in [1.29, 1.82) is 0 Å². The number of nitrogens with zero attached hydrogens (tertiary/aromatic N) is 6. The molecule has 4 atom stereocenters. The van der Waals surface area contributed by atoms with Crippen LogP contribution in [0.15, 0.2) is 16.1 Å². The van der Waals surface area contributed by atoms with Gasteiger partial charge in [-0.1, -0.05) is 0 Å². The molecule has 2 aromatic rings. The van der Waals surface area contributed by atoms with Gasteiger partial charge in [0.2, 0.25) is 5.95 Å². The van der Waals surface area contributed by atoms with Gasteiger partial charge in [-0.2, -0.15) is 4.98 Å². The first-order valence-electron chi connectivity index (χ1n) is 8.11. The van der Waals surface area contributed by atoms with Gasteiger partial charge in [0, 0.05) is 14.1 Å². The maximum atomic E-state index is 12.3. The summed E-state index contributed by atoms with van der Waals surface area (Å²) >= 11 is 0. The topological polar surface area (TPSA) is 132 Å². The van der Waals surface area contributed by atoms with Gasteiger partial charge < -0.3 is 19.8 Å². The largest absolute Gasteiger partial charge is 0.394 e. The second-order valence-corrected chi connectivity index (χ2v) is 6.61. The molecule has 3 N–H and O–H groups in total. The predicted octanol–water partition coefficient (Wildman–Crippen LogP) is -1.48. The lowest BCUT2D eigenvalue weighted by molar-refractivity contribution is -0.0458. The van der Waals surface area contributed by atoms with Gasteiger partial charge in [0.1, 0.15) is 12.2 Å². The third-order valence-electron chi connectivity index (χ3n) is 4.22. The Hall–Kier alpha value is -2.34. The highest BCUT2D eigenvalue weighted by Crippen LogP contribution is 2.33. The van der Waals surface area contributed by atoms with Crippen LogP contribution in [0.4, 0.5) is 5.95 Å². The monoisotopic (exact) mass is 365 g/mol. The van der Waals surface area contributed by atoms with Crippen molar-refractivity contribution in [2.45, 2.75) is 24.5 Å². The number of hydrogen-bond acceptors (Lipinski definition) is 8. The molecule has 3 rings (SSSR count). The number of H-pyrrole nitrogens is 1. The van der Waals surface area contributed by atoms with E-state index in [-0.39, 0.29) is 18.1 Å². The van der Waals surface area contributed by atoms with Crippen LogP contribution in [0.3, 0.4) is 0 Å². The minimum Gasteiger partial charge on any atom is -0.394 e. The Morgan fingerprint density at radius 3 is 2.77 bits per heavy atom. The molecule has 1 fully saturated rings. The summed E-state index contributed by atoms with van der Waals surface area (Å²) in [5.41, 5.74) is 0.0254. The van der Waals surface area contributed by atoms with Gasteiger partial charge in [-0.25, -0.2) is 9.98 Å². The first kappa shape index (κ1) is 18.5. The number of aromatic nitrogens is 4. The van der Waals surface area contributed by atoms with E-state index < -0.39 is 30.0 Å². The van der Waals surface area contributed by atoms with Crippen LogP contribution < -0.4 is 5.56 Å². The molecule has 0 radical (unpaired) electrons.